The van der Waals surface area contributed by atoms with E-state index >= 15 is 0 Å². The van der Waals surface area contributed by atoms with Crippen LogP contribution in [0, 0.1) is 0 Å². The van der Waals surface area contributed by atoms with Crippen LogP contribution in [0.3, 0.4) is 0 Å². The standard InChI is InChI=1S/C10H14BNO3/c1-2-5-15-10-6-9(7-12-8-10)3-4-11(13)14/h3-4,6-8,13-14H,2,5H2,1H3/b4-3+. The van der Waals surface area contributed by atoms with Crippen molar-refractivity contribution in [1.82, 2.24) is 4.98 Å². The van der Waals surface area contributed by atoms with Gasteiger partial charge in [0.05, 0.1) is 12.8 Å². The van der Waals surface area contributed by atoms with Crippen molar-refractivity contribution in [3.8, 4) is 5.75 Å². The van der Waals surface area contributed by atoms with Crippen LogP contribution in [-0.2, 0) is 0 Å². The number of ether oxygens (including phenoxy) is 1. The maximum absolute atomic E-state index is 8.64. The van der Waals surface area contributed by atoms with Gasteiger partial charge < -0.3 is 14.8 Å². The summed E-state index contributed by atoms with van der Waals surface area (Å²) in [5, 5.41) is 17.3. The highest BCUT2D eigenvalue weighted by atomic mass is 16.5. The fraction of sp³-hybridized carbons (Fsp3) is 0.300. The lowest BCUT2D eigenvalue weighted by Gasteiger charge is -2.03. The Kier molecular flexibility index (Phi) is 4.87. The monoisotopic (exact) mass is 207 g/mol. The first-order valence-electron chi connectivity index (χ1n) is 4.84. The summed E-state index contributed by atoms with van der Waals surface area (Å²) in [6, 6.07) is 1.79. The van der Waals surface area contributed by atoms with Crippen molar-refractivity contribution in [2.75, 3.05) is 6.61 Å². The highest BCUT2D eigenvalue weighted by molar-refractivity contribution is 6.48. The second-order valence-electron chi connectivity index (χ2n) is 3.08. The van der Waals surface area contributed by atoms with Gasteiger partial charge in [-0.25, -0.2) is 0 Å². The third-order valence-corrected chi connectivity index (χ3v) is 1.67. The fourth-order valence-corrected chi connectivity index (χ4v) is 1.02. The molecule has 0 saturated heterocycles. The average molecular weight is 207 g/mol. The Balaban J connectivity index is 2.65. The molecule has 15 heavy (non-hydrogen) atoms. The zero-order chi connectivity index (χ0) is 11.1. The van der Waals surface area contributed by atoms with Crippen LogP contribution in [-0.4, -0.2) is 28.8 Å². The topological polar surface area (TPSA) is 62.6 Å². The molecule has 80 valence electrons. The van der Waals surface area contributed by atoms with Gasteiger partial charge in [-0.05, 0) is 18.1 Å². The van der Waals surface area contributed by atoms with Gasteiger partial charge in [0, 0.05) is 6.20 Å². The Labute approximate surface area is 89.4 Å². The van der Waals surface area contributed by atoms with Crippen molar-refractivity contribution in [1.29, 1.82) is 0 Å². The van der Waals surface area contributed by atoms with Crippen molar-refractivity contribution in [2.24, 2.45) is 0 Å². The number of rotatable bonds is 5. The Morgan fingerprint density at radius 3 is 2.93 bits per heavy atom. The summed E-state index contributed by atoms with van der Waals surface area (Å²) in [6.45, 7) is 2.68. The van der Waals surface area contributed by atoms with Crippen LogP contribution in [0.25, 0.3) is 6.08 Å². The summed E-state index contributed by atoms with van der Waals surface area (Å²) in [6.07, 6.45) is 5.77. The number of hydrogen-bond donors (Lipinski definition) is 2. The quantitative estimate of drug-likeness (QED) is 0.704. The van der Waals surface area contributed by atoms with Crippen LogP contribution in [0.5, 0.6) is 5.75 Å². The number of pyridine rings is 1. The summed E-state index contributed by atoms with van der Waals surface area (Å²) < 4.78 is 5.38. The highest BCUT2D eigenvalue weighted by Crippen LogP contribution is 2.12. The Morgan fingerprint density at radius 1 is 1.47 bits per heavy atom. The van der Waals surface area contributed by atoms with E-state index in [9.17, 15) is 0 Å². The molecule has 1 heterocycles. The van der Waals surface area contributed by atoms with E-state index in [2.05, 4.69) is 4.98 Å². The van der Waals surface area contributed by atoms with Crippen LogP contribution in [0.2, 0.25) is 0 Å². The van der Waals surface area contributed by atoms with E-state index in [4.69, 9.17) is 14.8 Å². The molecule has 1 rings (SSSR count). The van der Waals surface area contributed by atoms with Gasteiger partial charge in [0.2, 0.25) is 0 Å². The number of aromatic nitrogens is 1. The van der Waals surface area contributed by atoms with E-state index in [1.165, 1.54) is 5.98 Å². The molecule has 0 fully saturated rings. The Morgan fingerprint density at radius 2 is 2.27 bits per heavy atom. The van der Waals surface area contributed by atoms with Gasteiger partial charge in [-0.1, -0.05) is 19.0 Å². The first kappa shape index (κ1) is 11.7. The van der Waals surface area contributed by atoms with E-state index in [0.717, 1.165) is 12.0 Å². The highest BCUT2D eigenvalue weighted by Gasteiger charge is 1.99. The molecule has 0 unspecified atom stereocenters. The molecular formula is C10H14BNO3. The zero-order valence-corrected chi connectivity index (χ0v) is 8.63. The molecule has 1 aromatic heterocycles. The molecule has 0 saturated carbocycles. The molecule has 5 heteroatoms. The molecule has 0 aliphatic carbocycles. The third-order valence-electron chi connectivity index (χ3n) is 1.67. The van der Waals surface area contributed by atoms with Crippen LogP contribution < -0.4 is 4.74 Å². The van der Waals surface area contributed by atoms with Crippen LogP contribution in [0.4, 0.5) is 0 Å². The molecular weight excluding hydrogens is 193 g/mol. The average Bonchev–Trinajstić information content (AvgIpc) is 2.24. The molecule has 0 aliphatic rings. The van der Waals surface area contributed by atoms with E-state index in [0.29, 0.717) is 12.4 Å². The molecule has 0 aliphatic heterocycles. The van der Waals surface area contributed by atoms with Crippen molar-refractivity contribution >= 4 is 13.2 Å². The second-order valence-corrected chi connectivity index (χ2v) is 3.08. The smallest absolute Gasteiger partial charge is 0.480 e. The Hall–Kier alpha value is -1.33. The van der Waals surface area contributed by atoms with Crippen molar-refractivity contribution in [3.05, 3.63) is 30.0 Å². The van der Waals surface area contributed by atoms with E-state index in [1.807, 2.05) is 6.92 Å². The third kappa shape index (κ3) is 4.62. The van der Waals surface area contributed by atoms with Crippen LogP contribution in [0.15, 0.2) is 24.4 Å². The van der Waals surface area contributed by atoms with E-state index in [1.54, 1.807) is 24.5 Å². The summed E-state index contributed by atoms with van der Waals surface area (Å²) in [5.74, 6) is 1.95. The van der Waals surface area contributed by atoms with Gasteiger partial charge in [-0.2, -0.15) is 0 Å². The maximum atomic E-state index is 8.64. The van der Waals surface area contributed by atoms with Gasteiger partial charge in [0.1, 0.15) is 5.75 Å². The first-order valence-corrected chi connectivity index (χ1v) is 4.84. The predicted molar refractivity (Wildman–Crippen MR) is 59.2 cm³/mol. The molecule has 0 radical (unpaired) electrons. The summed E-state index contributed by atoms with van der Waals surface area (Å²) in [4.78, 5) is 3.98. The van der Waals surface area contributed by atoms with Crippen LogP contribution in [0.1, 0.15) is 18.9 Å². The van der Waals surface area contributed by atoms with Crippen molar-refractivity contribution in [3.63, 3.8) is 0 Å². The minimum Gasteiger partial charge on any atom is -0.492 e. The second kappa shape index (κ2) is 6.21. The zero-order valence-electron chi connectivity index (χ0n) is 8.63. The molecule has 0 aromatic carbocycles. The van der Waals surface area contributed by atoms with E-state index < -0.39 is 7.12 Å². The van der Waals surface area contributed by atoms with Crippen molar-refractivity contribution < 1.29 is 14.8 Å². The Bertz CT molecular complexity index is 328. The van der Waals surface area contributed by atoms with Gasteiger partial charge in [-0.3, -0.25) is 4.98 Å². The summed E-state index contributed by atoms with van der Waals surface area (Å²) >= 11 is 0. The molecule has 0 spiro atoms. The van der Waals surface area contributed by atoms with Gasteiger partial charge in [-0.15, -0.1) is 0 Å². The summed E-state index contributed by atoms with van der Waals surface area (Å²) in [5.41, 5.74) is 0.775. The van der Waals surface area contributed by atoms with Gasteiger partial charge >= 0.3 is 7.12 Å². The minimum atomic E-state index is -1.44. The summed E-state index contributed by atoms with van der Waals surface area (Å²) in [7, 11) is -1.44. The largest absolute Gasteiger partial charge is 0.492 e. The number of nitrogens with zero attached hydrogens (tertiary/aromatic N) is 1. The first-order chi connectivity index (χ1) is 7.22. The molecule has 0 atom stereocenters. The van der Waals surface area contributed by atoms with E-state index in [-0.39, 0.29) is 0 Å². The SMILES string of the molecule is CCCOc1cncc(/C=C/B(O)O)c1. The lowest BCUT2D eigenvalue weighted by molar-refractivity contribution is 0.316. The fourth-order valence-electron chi connectivity index (χ4n) is 1.02. The minimum absolute atomic E-state index is 0.650. The molecule has 1 aromatic rings. The molecule has 4 nitrogen and oxygen atoms in total. The lowest BCUT2D eigenvalue weighted by atomic mass is 9.91. The van der Waals surface area contributed by atoms with Crippen LogP contribution >= 0.6 is 0 Å². The molecule has 2 N–H and O–H groups in total. The van der Waals surface area contributed by atoms with Gasteiger partial charge in [0.15, 0.2) is 0 Å². The lowest BCUT2D eigenvalue weighted by Crippen LogP contribution is -2.05. The molecule has 0 bridgehead atoms. The predicted octanol–water partition coefficient (Wildman–Crippen LogP) is 0.896. The number of hydrogen-bond acceptors (Lipinski definition) is 4. The normalized spacial score (nSPS) is 10.6. The van der Waals surface area contributed by atoms with Gasteiger partial charge in [0.25, 0.3) is 0 Å². The maximum Gasteiger partial charge on any atom is 0.480 e. The van der Waals surface area contributed by atoms with Crippen molar-refractivity contribution in [2.45, 2.75) is 13.3 Å². The molecule has 0 amide bonds.